The molecule has 0 heterocycles. The van der Waals surface area contributed by atoms with Crippen LogP contribution in [0.15, 0.2) is 29.2 Å². The van der Waals surface area contributed by atoms with Gasteiger partial charge in [0.2, 0.25) is 0 Å². The number of thioether (sulfide) groups is 1. The van der Waals surface area contributed by atoms with Gasteiger partial charge in [0.15, 0.2) is 0 Å². The van der Waals surface area contributed by atoms with Gasteiger partial charge in [0.25, 0.3) is 0 Å². The van der Waals surface area contributed by atoms with E-state index in [0.717, 1.165) is 6.42 Å². The predicted octanol–water partition coefficient (Wildman–Crippen LogP) is 4.71. The molecule has 0 aliphatic carbocycles. The second-order valence-corrected chi connectivity index (χ2v) is 5.12. The van der Waals surface area contributed by atoms with Crippen LogP contribution in [0.2, 0.25) is 0 Å². The molecule has 0 spiro atoms. The van der Waals surface area contributed by atoms with Gasteiger partial charge < -0.3 is 0 Å². The maximum Gasteiger partial charge on any atom is 0.0155 e. The highest BCUT2D eigenvalue weighted by atomic mass is 32.2. The summed E-state index contributed by atoms with van der Waals surface area (Å²) in [5.41, 5.74) is 1.39. The lowest BCUT2D eigenvalue weighted by atomic mass is 9.98. The van der Waals surface area contributed by atoms with Crippen molar-refractivity contribution in [3.8, 4) is 11.8 Å². The molecule has 1 atom stereocenters. The van der Waals surface area contributed by atoms with Crippen LogP contribution >= 0.6 is 11.8 Å². The van der Waals surface area contributed by atoms with Gasteiger partial charge in [0.1, 0.15) is 0 Å². The summed E-state index contributed by atoms with van der Waals surface area (Å²) in [6.07, 6.45) is 2.19. The topological polar surface area (TPSA) is 0 Å². The van der Waals surface area contributed by atoms with E-state index in [4.69, 9.17) is 0 Å². The fraction of sp³-hybridized carbons (Fsp3) is 0.467. The number of hydrogen-bond donors (Lipinski definition) is 0. The van der Waals surface area contributed by atoms with Crippen LogP contribution in [-0.2, 0) is 0 Å². The Hall–Kier alpha value is -0.870. The Bertz CT molecular complexity index is 353. The first-order chi connectivity index (χ1) is 7.77. The smallest absolute Gasteiger partial charge is 0.0155 e. The predicted molar refractivity (Wildman–Crippen MR) is 73.9 cm³/mol. The molecular formula is C15H20S. The van der Waals surface area contributed by atoms with Crippen molar-refractivity contribution in [3.63, 3.8) is 0 Å². The molecule has 0 N–H and O–H groups in total. The lowest BCUT2D eigenvalue weighted by Crippen LogP contribution is -1.91. The molecule has 16 heavy (non-hydrogen) atoms. The normalized spacial score (nSPS) is 11.7. The Morgan fingerprint density at radius 2 is 1.94 bits per heavy atom. The summed E-state index contributed by atoms with van der Waals surface area (Å²) in [5.74, 6) is 7.84. The van der Waals surface area contributed by atoms with Gasteiger partial charge in [-0.2, -0.15) is 0 Å². The Morgan fingerprint density at radius 1 is 1.25 bits per heavy atom. The standard InChI is InChI=1S/C15H20S/c1-4-6-7-13(3)14-8-10-15(11-9-14)16-12-5-2/h8-11,13H,5,7,12H2,1-3H3. The first-order valence-corrected chi connectivity index (χ1v) is 6.88. The van der Waals surface area contributed by atoms with Gasteiger partial charge in [-0.05, 0) is 42.7 Å². The molecule has 0 radical (unpaired) electrons. The van der Waals surface area contributed by atoms with Crippen molar-refractivity contribution in [2.24, 2.45) is 0 Å². The highest BCUT2D eigenvalue weighted by molar-refractivity contribution is 7.99. The Kier molecular flexibility index (Phi) is 6.11. The molecule has 0 aliphatic rings. The van der Waals surface area contributed by atoms with Crippen LogP contribution in [0.25, 0.3) is 0 Å². The van der Waals surface area contributed by atoms with Gasteiger partial charge >= 0.3 is 0 Å². The first kappa shape index (κ1) is 13.2. The molecule has 0 nitrogen and oxygen atoms in total. The third-order valence-corrected chi connectivity index (χ3v) is 3.72. The van der Waals surface area contributed by atoms with Crippen molar-refractivity contribution in [1.29, 1.82) is 0 Å². The van der Waals surface area contributed by atoms with E-state index in [1.54, 1.807) is 0 Å². The van der Waals surface area contributed by atoms with E-state index in [2.05, 4.69) is 50.0 Å². The summed E-state index contributed by atoms with van der Waals surface area (Å²) in [7, 11) is 0. The Labute approximate surface area is 104 Å². The minimum atomic E-state index is 0.540. The summed E-state index contributed by atoms with van der Waals surface area (Å²) < 4.78 is 0. The van der Waals surface area contributed by atoms with E-state index in [-0.39, 0.29) is 0 Å². The summed E-state index contributed by atoms with van der Waals surface area (Å²) >= 11 is 1.93. The van der Waals surface area contributed by atoms with E-state index in [9.17, 15) is 0 Å². The van der Waals surface area contributed by atoms with Gasteiger partial charge in [-0.1, -0.05) is 26.0 Å². The van der Waals surface area contributed by atoms with Crippen molar-refractivity contribution in [1.82, 2.24) is 0 Å². The maximum absolute atomic E-state index is 3.14. The van der Waals surface area contributed by atoms with Gasteiger partial charge in [0.05, 0.1) is 0 Å². The molecule has 1 rings (SSSR count). The molecule has 0 saturated carbocycles. The Balaban J connectivity index is 2.58. The van der Waals surface area contributed by atoms with Gasteiger partial charge in [-0.3, -0.25) is 0 Å². The summed E-state index contributed by atoms with van der Waals surface area (Å²) in [6, 6.07) is 8.93. The van der Waals surface area contributed by atoms with Gasteiger partial charge in [-0.25, -0.2) is 0 Å². The van der Waals surface area contributed by atoms with Gasteiger partial charge in [-0.15, -0.1) is 23.6 Å². The molecule has 0 aliphatic heterocycles. The molecule has 0 bridgehead atoms. The lowest BCUT2D eigenvalue weighted by Gasteiger charge is -2.09. The van der Waals surface area contributed by atoms with Crippen LogP contribution in [0.1, 0.15) is 45.1 Å². The van der Waals surface area contributed by atoms with E-state index in [1.807, 2.05) is 18.7 Å². The minimum Gasteiger partial charge on any atom is -0.126 e. The quantitative estimate of drug-likeness (QED) is 0.523. The van der Waals surface area contributed by atoms with Crippen LogP contribution in [0.4, 0.5) is 0 Å². The molecule has 0 fully saturated rings. The molecule has 1 aromatic carbocycles. The van der Waals surface area contributed by atoms with E-state index < -0.39 is 0 Å². The van der Waals surface area contributed by atoms with Crippen molar-refractivity contribution < 1.29 is 0 Å². The van der Waals surface area contributed by atoms with Crippen LogP contribution < -0.4 is 0 Å². The largest absolute Gasteiger partial charge is 0.126 e. The van der Waals surface area contributed by atoms with Crippen molar-refractivity contribution in [2.75, 3.05) is 5.75 Å². The zero-order valence-corrected chi connectivity index (χ0v) is 11.2. The zero-order valence-electron chi connectivity index (χ0n) is 10.4. The third-order valence-electron chi connectivity index (χ3n) is 2.51. The highest BCUT2D eigenvalue weighted by Crippen LogP contribution is 2.23. The number of hydrogen-bond acceptors (Lipinski definition) is 1. The molecule has 0 aromatic heterocycles. The molecule has 1 unspecified atom stereocenters. The van der Waals surface area contributed by atoms with Crippen LogP contribution in [-0.4, -0.2) is 5.75 Å². The first-order valence-electron chi connectivity index (χ1n) is 5.90. The fourth-order valence-electron chi connectivity index (χ4n) is 1.49. The van der Waals surface area contributed by atoms with Gasteiger partial charge in [0, 0.05) is 11.3 Å². The van der Waals surface area contributed by atoms with Crippen molar-refractivity contribution >= 4 is 11.8 Å². The number of benzene rings is 1. The van der Waals surface area contributed by atoms with Crippen LogP contribution in [0, 0.1) is 11.8 Å². The summed E-state index contributed by atoms with van der Waals surface area (Å²) in [6.45, 7) is 6.35. The molecule has 86 valence electrons. The van der Waals surface area contributed by atoms with Crippen LogP contribution in [0.5, 0.6) is 0 Å². The average Bonchev–Trinajstić information content (AvgIpc) is 2.34. The molecule has 1 aromatic rings. The highest BCUT2D eigenvalue weighted by Gasteiger charge is 2.03. The zero-order chi connectivity index (χ0) is 11.8. The van der Waals surface area contributed by atoms with Crippen molar-refractivity contribution in [3.05, 3.63) is 29.8 Å². The van der Waals surface area contributed by atoms with E-state index >= 15 is 0 Å². The maximum atomic E-state index is 3.14. The SMILES string of the molecule is CC#CCC(C)c1ccc(SCCC)cc1. The van der Waals surface area contributed by atoms with E-state index in [0.29, 0.717) is 5.92 Å². The second kappa shape index (κ2) is 7.41. The molecular weight excluding hydrogens is 212 g/mol. The van der Waals surface area contributed by atoms with Crippen molar-refractivity contribution in [2.45, 2.75) is 44.4 Å². The lowest BCUT2D eigenvalue weighted by molar-refractivity contribution is 0.794. The monoisotopic (exact) mass is 232 g/mol. The fourth-order valence-corrected chi connectivity index (χ4v) is 2.25. The third kappa shape index (κ3) is 4.33. The molecule has 1 heteroatoms. The molecule has 0 saturated heterocycles. The number of rotatable bonds is 5. The second-order valence-electron chi connectivity index (χ2n) is 3.95. The van der Waals surface area contributed by atoms with Crippen LogP contribution in [0.3, 0.4) is 0 Å². The summed E-state index contributed by atoms with van der Waals surface area (Å²) in [4.78, 5) is 1.37. The Morgan fingerprint density at radius 3 is 2.50 bits per heavy atom. The average molecular weight is 232 g/mol. The van der Waals surface area contributed by atoms with E-state index in [1.165, 1.54) is 22.6 Å². The minimum absolute atomic E-state index is 0.540. The molecule has 0 amide bonds. The summed E-state index contributed by atoms with van der Waals surface area (Å²) in [5, 5.41) is 0.